The zero-order chi connectivity index (χ0) is 32.5. The van der Waals surface area contributed by atoms with E-state index in [1.54, 1.807) is 9.58 Å². The van der Waals surface area contributed by atoms with Gasteiger partial charge in [-0.25, -0.2) is 9.37 Å². The first-order valence-corrected chi connectivity index (χ1v) is 15.2. The van der Waals surface area contributed by atoms with Crippen LogP contribution in [0.2, 0.25) is 0 Å². The number of tetrazole rings is 1. The van der Waals surface area contributed by atoms with Gasteiger partial charge in [-0.15, -0.1) is 0 Å². The standard InChI is InChI=1S/C30H31FN12O4/c31-21-18-33-25(22-16-23(35-34-22)28(46)40-8-6-39(7-9-40)14-15-44)26-24(21)20(17-32-26)27(45)29(47)41-10-12-42(13-11-41)30-36-37-38-43(30)19-4-2-1-3-5-19/h1-5,16-18,32,44H,6-15H2,(H,34,35). The quantitative estimate of drug-likeness (QED) is 0.157. The van der Waals surface area contributed by atoms with Crippen molar-refractivity contribution in [2.24, 2.45) is 0 Å². The lowest BCUT2D eigenvalue weighted by Crippen LogP contribution is -2.51. The summed E-state index contributed by atoms with van der Waals surface area (Å²) < 4.78 is 16.8. The Morgan fingerprint density at radius 2 is 1.70 bits per heavy atom. The number of carbonyl (C=O) groups excluding carboxylic acids is 3. The third kappa shape index (κ3) is 5.70. The van der Waals surface area contributed by atoms with E-state index in [9.17, 15) is 14.4 Å². The molecule has 2 aliphatic heterocycles. The molecule has 0 bridgehead atoms. The maximum atomic E-state index is 15.2. The van der Waals surface area contributed by atoms with E-state index in [-0.39, 0.29) is 59.2 Å². The molecular weight excluding hydrogens is 611 g/mol. The van der Waals surface area contributed by atoms with Crippen LogP contribution in [0.25, 0.3) is 28.0 Å². The second-order valence-corrected chi connectivity index (χ2v) is 11.3. The van der Waals surface area contributed by atoms with Gasteiger partial charge in [0.25, 0.3) is 17.6 Å². The average molecular weight is 643 g/mol. The number of amides is 2. The number of fused-ring (bicyclic) bond motifs is 1. The van der Waals surface area contributed by atoms with E-state index in [4.69, 9.17) is 5.11 Å². The van der Waals surface area contributed by atoms with Gasteiger partial charge in [0.15, 0.2) is 5.82 Å². The van der Waals surface area contributed by atoms with Crippen molar-refractivity contribution >= 4 is 34.4 Å². The average Bonchev–Trinajstić information content (AvgIpc) is 3.89. The van der Waals surface area contributed by atoms with Crippen molar-refractivity contribution in [3.8, 4) is 17.1 Å². The Bertz CT molecular complexity index is 1920. The van der Waals surface area contributed by atoms with Gasteiger partial charge in [0.05, 0.1) is 35.0 Å². The summed E-state index contributed by atoms with van der Waals surface area (Å²) in [6.07, 6.45) is 2.27. The summed E-state index contributed by atoms with van der Waals surface area (Å²) in [6, 6.07) is 11.0. The van der Waals surface area contributed by atoms with E-state index in [0.717, 1.165) is 11.9 Å². The van der Waals surface area contributed by atoms with Crippen LogP contribution in [0.1, 0.15) is 20.8 Å². The number of hydrogen-bond donors (Lipinski definition) is 3. The SMILES string of the molecule is O=C(C(=O)N1CCN(c2nnnn2-c2ccccc2)CC1)c1c[nH]c2c(-c3cc(C(=O)N4CCN(CCO)CC4)[nH]n3)ncc(F)c12. The number of hydrogen-bond acceptors (Lipinski definition) is 11. The van der Waals surface area contributed by atoms with E-state index in [0.29, 0.717) is 51.8 Å². The van der Waals surface area contributed by atoms with E-state index in [1.165, 1.54) is 17.2 Å². The summed E-state index contributed by atoms with van der Waals surface area (Å²) in [5.74, 6) is -2.09. The highest BCUT2D eigenvalue weighted by atomic mass is 19.1. The van der Waals surface area contributed by atoms with E-state index in [1.807, 2.05) is 35.2 Å². The molecule has 0 unspecified atom stereocenters. The topological polar surface area (TPSA) is 185 Å². The number of halogens is 1. The summed E-state index contributed by atoms with van der Waals surface area (Å²) in [6.45, 7) is 4.19. The molecule has 17 heteroatoms. The number of aliphatic hydroxyl groups is 1. The number of benzene rings is 1. The molecule has 47 heavy (non-hydrogen) atoms. The number of rotatable bonds is 8. The minimum absolute atomic E-state index is 0.0630. The molecule has 2 amide bonds. The van der Waals surface area contributed by atoms with Crippen LogP contribution < -0.4 is 4.90 Å². The van der Waals surface area contributed by atoms with E-state index >= 15 is 4.39 Å². The number of aliphatic hydroxyl groups excluding tert-OH is 1. The molecule has 1 aromatic carbocycles. The molecule has 3 N–H and O–H groups in total. The van der Waals surface area contributed by atoms with Gasteiger partial charge >= 0.3 is 0 Å². The van der Waals surface area contributed by atoms with Crippen molar-refractivity contribution in [1.29, 1.82) is 0 Å². The summed E-state index contributed by atoms with van der Waals surface area (Å²) in [4.78, 5) is 54.2. The number of nitrogens with one attached hydrogen (secondary N) is 2. The predicted octanol–water partition coefficient (Wildman–Crippen LogP) is 0.349. The number of pyridine rings is 1. The monoisotopic (exact) mass is 642 g/mol. The number of aromatic amines is 2. The highest BCUT2D eigenvalue weighted by molar-refractivity contribution is 6.45. The zero-order valence-electron chi connectivity index (χ0n) is 25.2. The summed E-state index contributed by atoms with van der Waals surface area (Å²) in [7, 11) is 0. The van der Waals surface area contributed by atoms with Crippen molar-refractivity contribution in [3.63, 3.8) is 0 Å². The lowest BCUT2D eigenvalue weighted by atomic mass is 10.1. The number of ketones is 1. The molecule has 0 radical (unpaired) electrons. The number of aromatic nitrogens is 8. The Morgan fingerprint density at radius 3 is 2.45 bits per heavy atom. The van der Waals surface area contributed by atoms with Crippen molar-refractivity contribution in [1.82, 2.24) is 55.1 Å². The minimum atomic E-state index is -0.854. The highest BCUT2D eigenvalue weighted by Crippen LogP contribution is 2.30. The molecule has 0 spiro atoms. The molecule has 242 valence electrons. The van der Waals surface area contributed by atoms with Crippen LogP contribution in [-0.2, 0) is 4.79 Å². The normalized spacial score (nSPS) is 15.8. The Kier molecular flexibility index (Phi) is 8.13. The van der Waals surface area contributed by atoms with Gasteiger partial charge in [0.1, 0.15) is 17.1 Å². The minimum Gasteiger partial charge on any atom is -0.395 e. The largest absolute Gasteiger partial charge is 0.395 e. The Hall–Kier alpha value is -5.55. The molecule has 2 fully saturated rings. The lowest BCUT2D eigenvalue weighted by molar-refractivity contribution is -0.126. The molecule has 2 aliphatic rings. The zero-order valence-corrected chi connectivity index (χ0v) is 25.2. The molecule has 0 atom stereocenters. The van der Waals surface area contributed by atoms with E-state index < -0.39 is 17.5 Å². The molecule has 4 aromatic heterocycles. The highest BCUT2D eigenvalue weighted by Gasteiger charge is 2.32. The van der Waals surface area contributed by atoms with Crippen LogP contribution in [0.4, 0.5) is 10.3 Å². The number of anilines is 1. The van der Waals surface area contributed by atoms with Gasteiger partial charge in [-0.05, 0) is 28.6 Å². The molecule has 5 aromatic rings. The number of Topliss-reactive ketones (excluding diaryl/α,β-unsaturated/α-hetero) is 1. The van der Waals surface area contributed by atoms with Crippen LogP contribution in [0.3, 0.4) is 0 Å². The number of nitrogens with zero attached hydrogens (tertiary/aromatic N) is 10. The van der Waals surface area contributed by atoms with Crippen LogP contribution in [-0.4, -0.2) is 143 Å². The summed E-state index contributed by atoms with van der Waals surface area (Å²) in [5.41, 5.74) is 1.60. The van der Waals surface area contributed by atoms with Crippen LogP contribution >= 0.6 is 0 Å². The molecule has 0 aliphatic carbocycles. The first kappa shape index (κ1) is 30.1. The van der Waals surface area contributed by atoms with Crippen LogP contribution in [0.15, 0.2) is 48.8 Å². The van der Waals surface area contributed by atoms with Gasteiger partial charge in [-0.1, -0.05) is 23.3 Å². The van der Waals surface area contributed by atoms with Crippen molar-refractivity contribution in [2.45, 2.75) is 0 Å². The molecular formula is C30H31FN12O4. The smallest absolute Gasteiger partial charge is 0.295 e. The maximum Gasteiger partial charge on any atom is 0.295 e. The molecule has 6 heterocycles. The van der Waals surface area contributed by atoms with Crippen molar-refractivity contribution < 1.29 is 23.9 Å². The van der Waals surface area contributed by atoms with Gasteiger partial charge in [-0.3, -0.25) is 24.4 Å². The summed E-state index contributed by atoms with van der Waals surface area (Å²) in [5, 5.41) is 28.1. The number of piperazine rings is 2. The number of carbonyl (C=O) groups is 3. The van der Waals surface area contributed by atoms with Crippen molar-refractivity contribution in [3.05, 3.63) is 65.9 Å². The molecule has 7 rings (SSSR count). The van der Waals surface area contributed by atoms with Crippen LogP contribution in [0.5, 0.6) is 0 Å². The van der Waals surface area contributed by atoms with Crippen molar-refractivity contribution in [2.75, 3.05) is 70.4 Å². The Labute approximate surface area is 266 Å². The first-order valence-electron chi connectivity index (χ1n) is 15.2. The van der Waals surface area contributed by atoms with Gasteiger partial charge < -0.3 is 24.8 Å². The first-order chi connectivity index (χ1) is 22.9. The van der Waals surface area contributed by atoms with Gasteiger partial charge in [-0.2, -0.15) is 9.78 Å². The fourth-order valence-corrected chi connectivity index (χ4v) is 6.00. The fourth-order valence-electron chi connectivity index (χ4n) is 6.00. The Balaban J connectivity index is 1.05. The molecule has 16 nitrogen and oxygen atoms in total. The third-order valence-electron chi connectivity index (χ3n) is 8.53. The van der Waals surface area contributed by atoms with Gasteiger partial charge in [0.2, 0.25) is 5.95 Å². The number of para-hydroxylation sites is 1. The Morgan fingerprint density at radius 1 is 0.957 bits per heavy atom. The third-order valence-corrected chi connectivity index (χ3v) is 8.53. The van der Waals surface area contributed by atoms with Gasteiger partial charge in [0, 0.05) is 65.1 Å². The number of β-amino-alcohol motifs (C(OH)–C–C–N with tert-alkyl or cyclic N) is 1. The predicted molar refractivity (Wildman–Crippen MR) is 165 cm³/mol. The second-order valence-electron chi connectivity index (χ2n) is 11.3. The van der Waals surface area contributed by atoms with Crippen LogP contribution in [0, 0.1) is 5.82 Å². The summed E-state index contributed by atoms with van der Waals surface area (Å²) >= 11 is 0. The molecule has 2 saturated heterocycles. The van der Waals surface area contributed by atoms with E-state index in [2.05, 4.69) is 40.6 Å². The second kappa shape index (κ2) is 12.7. The molecule has 0 saturated carbocycles. The lowest BCUT2D eigenvalue weighted by Gasteiger charge is -2.34. The fraction of sp³-hybridized carbons (Fsp3) is 0.333. The maximum absolute atomic E-state index is 15.2. The number of H-pyrrole nitrogens is 2.